The van der Waals surface area contributed by atoms with Crippen molar-refractivity contribution in [1.82, 2.24) is 20.2 Å². The van der Waals surface area contributed by atoms with Crippen molar-refractivity contribution in [3.05, 3.63) is 54.5 Å². The van der Waals surface area contributed by atoms with E-state index in [0.29, 0.717) is 22.5 Å². The van der Waals surface area contributed by atoms with Gasteiger partial charge in [0.15, 0.2) is 11.3 Å². The second-order valence-electron chi connectivity index (χ2n) is 5.19. The summed E-state index contributed by atoms with van der Waals surface area (Å²) in [7, 11) is 0. The molecule has 0 saturated carbocycles. The number of hydrogen-bond donors (Lipinski definition) is 2. The molecule has 2 N–H and O–H groups in total. The lowest BCUT2D eigenvalue weighted by Crippen LogP contribution is -2.08. The smallest absolute Gasteiger partial charge is 0.340 e. The summed E-state index contributed by atoms with van der Waals surface area (Å²) in [6.45, 7) is 0. The lowest BCUT2D eigenvalue weighted by Gasteiger charge is -2.11. The van der Waals surface area contributed by atoms with E-state index in [1.807, 2.05) is 6.07 Å². The first-order valence-corrected chi connectivity index (χ1v) is 7.04. The lowest BCUT2D eigenvalue weighted by atomic mass is 10.1. The highest BCUT2D eigenvalue weighted by Crippen LogP contribution is 2.34. The van der Waals surface area contributed by atoms with Crippen LogP contribution in [0.2, 0.25) is 0 Å². The van der Waals surface area contributed by atoms with Crippen LogP contribution in [0.5, 0.6) is 0 Å². The van der Waals surface area contributed by atoms with E-state index in [-0.39, 0.29) is 5.39 Å². The summed E-state index contributed by atoms with van der Waals surface area (Å²) in [5.74, 6) is 0.565. The minimum Gasteiger partial charge on any atom is -0.340 e. The Hall–Kier alpha value is -3.16. The van der Waals surface area contributed by atoms with Gasteiger partial charge >= 0.3 is 6.18 Å². The predicted molar refractivity (Wildman–Crippen MR) is 83.9 cm³/mol. The number of rotatable bonds is 2. The number of benzene rings is 1. The van der Waals surface area contributed by atoms with Crippen molar-refractivity contribution in [3.63, 3.8) is 0 Å². The highest BCUT2D eigenvalue weighted by Gasteiger charge is 2.34. The van der Waals surface area contributed by atoms with Gasteiger partial charge in [-0.25, -0.2) is 4.98 Å². The maximum atomic E-state index is 13.1. The number of H-pyrrole nitrogens is 1. The van der Waals surface area contributed by atoms with Crippen molar-refractivity contribution in [2.24, 2.45) is 0 Å². The van der Waals surface area contributed by atoms with Crippen molar-refractivity contribution in [3.8, 4) is 0 Å². The Morgan fingerprint density at radius 3 is 2.67 bits per heavy atom. The molecule has 4 rings (SSSR count). The molecule has 0 aliphatic heterocycles. The van der Waals surface area contributed by atoms with Crippen LogP contribution in [0.4, 0.5) is 24.7 Å². The molecule has 0 bridgehead atoms. The molecule has 0 spiro atoms. The number of anilines is 2. The van der Waals surface area contributed by atoms with Crippen LogP contribution < -0.4 is 5.32 Å². The summed E-state index contributed by atoms with van der Waals surface area (Å²) >= 11 is 0. The normalized spacial score (nSPS) is 12.0. The molecule has 24 heavy (non-hydrogen) atoms. The second kappa shape index (κ2) is 5.19. The van der Waals surface area contributed by atoms with E-state index in [2.05, 4.69) is 25.5 Å². The van der Waals surface area contributed by atoms with E-state index in [1.54, 1.807) is 30.5 Å². The minimum atomic E-state index is -4.51. The second-order valence-corrected chi connectivity index (χ2v) is 5.19. The third-order valence-corrected chi connectivity index (χ3v) is 3.63. The number of fused-ring (bicyclic) bond motifs is 2. The van der Waals surface area contributed by atoms with E-state index < -0.39 is 11.9 Å². The Balaban J connectivity index is 1.80. The van der Waals surface area contributed by atoms with Crippen molar-refractivity contribution >= 4 is 33.3 Å². The van der Waals surface area contributed by atoms with Crippen LogP contribution in [0, 0.1) is 0 Å². The van der Waals surface area contributed by atoms with Crippen molar-refractivity contribution in [1.29, 1.82) is 0 Å². The molecule has 0 saturated heterocycles. The number of hydrogen-bond acceptors (Lipinski definition) is 4. The van der Waals surface area contributed by atoms with Gasteiger partial charge in [0.25, 0.3) is 0 Å². The maximum absolute atomic E-state index is 13.1. The Morgan fingerprint density at radius 1 is 0.958 bits per heavy atom. The van der Waals surface area contributed by atoms with Crippen LogP contribution in [-0.4, -0.2) is 20.2 Å². The van der Waals surface area contributed by atoms with Crippen molar-refractivity contribution in [2.75, 3.05) is 5.32 Å². The molecule has 0 fully saturated rings. The first kappa shape index (κ1) is 14.4. The summed E-state index contributed by atoms with van der Waals surface area (Å²) in [5, 5.41) is 11.1. The number of aromatic nitrogens is 4. The van der Waals surface area contributed by atoms with Crippen LogP contribution in [0.25, 0.3) is 21.8 Å². The van der Waals surface area contributed by atoms with Crippen LogP contribution in [0.1, 0.15) is 5.69 Å². The molecule has 3 aromatic heterocycles. The molecular weight excluding hydrogens is 319 g/mol. The zero-order valence-electron chi connectivity index (χ0n) is 12.1. The standard InChI is InChI=1S/C16H10F3N5/c17-16(18,19)13-12-8-10(4-3-9(12)5-7-20-13)22-15-11-2-1-6-21-14(11)23-24-15/h1-8H,(H2,21,22,23,24). The highest BCUT2D eigenvalue weighted by molar-refractivity contribution is 5.92. The van der Waals surface area contributed by atoms with Crippen LogP contribution >= 0.6 is 0 Å². The Labute approximate surface area is 133 Å². The predicted octanol–water partition coefficient (Wildman–Crippen LogP) is 4.27. The number of nitrogens with one attached hydrogen (secondary N) is 2. The van der Waals surface area contributed by atoms with Crippen LogP contribution in [-0.2, 0) is 6.18 Å². The fourth-order valence-electron chi connectivity index (χ4n) is 2.56. The lowest BCUT2D eigenvalue weighted by molar-refractivity contribution is -0.139. The van der Waals surface area contributed by atoms with Gasteiger partial charge in [0.1, 0.15) is 5.82 Å². The van der Waals surface area contributed by atoms with Gasteiger partial charge in [-0.1, -0.05) is 6.07 Å². The minimum absolute atomic E-state index is 0.0388. The zero-order chi connectivity index (χ0) is 16.7. The van der Waals surface area contributed by atoms with Gasteiger partial charge in [-0.05, 0) is 35.7 Å². The molecule has 0 atom stereocenters. The number of pyridine rings is 2. The van der Waals surface area contributed by atoms with E-state index in [9.17, 15) is 13.2 Å². The van der Waals surface area contributed by atoms with E-state index in [0.717, 1.165) is 11.6 Å². The van der Waals surface area contributed by atoms with E-state index in [1.165, 1.54) is 6.07 Å². The Morgan fingerprint density at radius 2 is 1.83 bits per heavy atom. The van der Waals surface area contributed by atoms with Gasteiger partial charge in [0, 0.05) is 23.5 Å². The third kappa shape index (κ3) is 2.41. The van der Waals surface area contributed by atoms with E-state index >= 15 is 0 Å². The topological polar surface area (TPSA) is 66.5 Å². The number of aromatic amines is 1. The number of alkyl halides is 3. The van der Waals surface area contributed by atoms with Crippen molar-refractivity contribution < 1.29 is 13.2 Å². The molecule has 0 unspecified atom stereocenters. The molecule has 3 heterocycles. The van der Waals surface area contributed by atoms with Gasteiger partial charge in [-0.15, -0.1) is 0 Å². The quantitative estimate of drug-likeness (QED) is 0.576. The first-order chi connectivity index (χ1) is 11.5. The monoisotopic (exact) mass is 329 g/mol. The molecule has 1 aromatic carbocycles. The summed E-state index contributed by atoms with van der Waals surface area (Å²) in [6, 6.07) is 9.86. The average Bonchev–Trinajstić information content (AvgIpc) is 2.96. The molecule has 120 valence electrons. The number of halogens is 3. The first-order valence-electron chi connectivity index (χ1n) is 7.04. The molecular formula is C16H10F3N5. The zero-order valence-corrected chi connectivity index (χ0v) is 12.1. The number of nitrogens with zero attached hydrogens (tertiary/aromatic N) is 3. The van der Waals surface area contributed by atoms with Gasteiger partial charge in [0.05, 0.1) is 5.39 Å². The Kier molecular flexibility index (Phi) is 3.12. The van der Waals surface area contributed by atoms with Crippen LogP contribution in [0.15, 0.2) is 48.8 Å². The van der Waals surface area contributed by atoms with E-state index in [4.69, 9.17) is 0 Å². The summed E-state index contributed by atoms with van der Waals surface area (Å²) in [4.78, 5) is 7.58. The molecule has 4 aromatic rings. The fraction of sp³-hybridized carbons (Fsp3) is 0.0625. The molecule has 8 heteroatoms. The Bertz CT molecular complexity index is 1040. The van der Waals surface area contributed by atoms with Gasteiger partial charge in [-0.3, -0.25) is 10.1 Å². The molecule has 0 aliphatic carbocycles. The average molecular weight is 329 g/mol. The van der Waals surface area contributed by atoms with Crippen LogP contribution in [0.3, 0.4) is 0 Å². The van der Waals surface area contributed by atoms with Gasteiger partial charge < -0.3 is 5.32 Å². The molecule has 0 amide bonds. The SMILES string of the molecule is FC(F)(F)c1nccc2ccc(Nc3[nH]nc4ncccc34)cc12. The molecule has 0 radical (unpaired) electrons. The van der Waals surface area contributed by atoms with Gasteiger partial charge in [0.2, 0.25) is 0 Å². The largest absolute Gasteiger partial charge is 0.433 e. The summed E-state index contributed by atoms with van der Waals surface area (Å²) in [6.07, 6.45) is -1.74. The maximum Gasteiger partial charge on any atom is 0.433 e. The van der Waals surface area contributed by atoms with Crippen molar-refractivity contribution in [2.45, 2.75) is 6.18 Å². The van der Waals surface area contributed by atoms with Gasteiger partial charge in [-0.2, -0.15) is 18.3 Å². The highest BCUT2D eigenvalue weighted by atomic mass is 19.4. The summed E-state index contributed by atoms with van der Waals surface area (Å²) < 4.78 is 39.4. The summed E-state index contributed by atoms with van der Waals surface area (Å²) in [5.41, 5.74) is 0.119. The molecule has 5 nitrogen and oxygen atoms in total. The third-order valence-electron chi connectivity index (χ3n) is 3.63. The molecule has 0 aliphatic rings. The fourth-order valence-corrected chi connectivity index (χ4v) is 2.56.